The van der Waals surface area contributed by atoms with Crippen LogP contribution in [0.3, 0.4) is 0 Å². The van der Waals surface area contributed by atoms with E-state index in [1.807, 2.05) is 0 Å². The fourth-order valence-electron chi connectivity index (χ4n) is 3.97. The van der Waals surface area contributed by atoms with Crippen molar-refractivity contribution in [1.82, 2.24) is 19.7 Å². The van der Waals surface area contributed by atoms with Crippen molar-refractivity contribution in [2.45, 2.75) is 61.3 Å². The summed E-state index contributed by atoms with van der Waals surface area (Å²) in [4.78, 5) is 3.60. The lowest BCUT2D eigenvalue weighted by molar-refractivity contribution is 0.0934. The minimum absolute atomic E-state index is 0.256. The highest BCUT2D eigenvalue weighted by Crippen LogP contribution is 2.26. The van der Waals surface area contributed by atoms with Crippen molar-refractivity contribution in [2.24, 2.45) is 0 Å². The third-order valence-corrected chi connectivity index (χ3v) is 7.60. The maximum absolute atomic E-state index is 5.94. The molecule has 1 aliphatic rings. The van der Waals surface area contributed by atoms with Crippen LogP contribution in [0.5, 0.6) is 0 Å². The Hall–Kier alpha value is -1.80. The molecule has 0 unspecified atom stereocenters. The van der Waals surface area contributed by atoms with Crippen molar-refractivity contribution in [3.8, 4) is 0 Å². The number of hydrogen-bond donors (Lipinski definition) is 0. The van der Waals surface area contributed by atoms with Crippen LogP contribution < -0.4 is 0 Å². The zero-order valence-electron chi connectivity index (χ0n) is 19.2. The summed E-state index contributed by atoms with van der Waals surface area (Å²) in [5.74, 6) is 1.91. The van der Waals surface area contributed by atoms with Crippen LogP contribution in [0.2, 0.25) is 0 Å². The van der Waals surface area contributed by atoms with E-state index in [0.29, 0.717) is 0 Å². The maximum atomic E-state index is 5.94. The zero-order valence-corrected chi connectivity index (χ0v) is 20.8. The van der Waals surface area contributed by atoms with E-state index in [4.69, 9.17) is 4.74 Å². The first-order valence-electron chi connectivity index (χ1n) is 11.1. The van der Waals surface area contributed by atoms with Gasteiger partial charge in [-0.05, 0) is 61.9 Å². The van der Waals surface area contributed by atoms with Crippen molar-refractivity contribution < 1.29 is 4.74 Å². The molecule has 4 rings (SSSR count). The molecule has 0 radical (unpaired) electrons. The summed E-state index contributed by atoms with van der Waals surface area (Å²) in [7, 11) is 2.15. The second kappa shape index (κ2) is 11.4. The smallest absolute Gasteiger partial charge is 0.191 e. The van der Waals surface area contributed by atoms with Crippen LogP contribution in [-0.4, -0.2) is 45.7 Å². The number of rotatable bonds is 10. The fraction of sp³-hybridized carbons (Fsp3) is 0.440. The summed E-state index contributed by atoms with van der Waals surface area (Å²) in [6.45, 7) is 5.50. The Morgan fingerprint density at radius 2 is 1.91 bits per heavy atom. The van der Waals surface area contributed by atoms with Gasteiger partial charge in [0.1, 0.15) is 5.82 Å². The highest BCUT2D eigenvalue weighted by atomic mass is 32.2. The molecule has 2 aromatic carbocycles. The molecule has 0 saturated carbocycles. The lowest BCUT2D eigenvalue weighted by Gasteiger charge is -2.19. The molecule has 170 valence electrons. The number of thioether (sulfide) groups is 2. The lowest BCUT2D eigenvalue weighted by Crippen LogP contribution is -2.23. The van der Waals surface area contributed by atoms with E-state index < -0.39 is 0 Å². The van der Waals surface area contributed by atoms with Crippen LogP contribution in [0.1, 0.15) is 35.4 Å². The van der Waals surface area contributed by atoms with Crippen LogP contribution >= 0.6 is 23.5 Å². The van der Waals surface area contributed by atoms with Gasteiger partial charge in [-0.3, -0.25) is 4.90 Å². The number of ether oxygens (including phenoxy) is 1. The predicted molar refractivity (Wildman–Crippen MR) is 133 cm³/mol. The van der Waals surface area contributed by atoms with Gasteiger partial charge in [0.15, 0.2) is 5.16 Å². The highest BCUT2D eigenvalue weighted by molar-refractivity contribution is 7.98. The average molecular weight is 469 g/mol. The highest BCUT2D eigenvalue weighted by Gasteiger charge is 2.22. The molecule has 0 N–H and O–H groups in total. The molecule has 0 spiro atoms. The molecule has 1 saturated heterocycles. The Kier molecular flexibility index (Phi) is 8.30. The van der Waals surface area contributed by atoms with Gasteiger partial charge in [0.25, 0.3) is 0 Å². The monoisotopic (exact) mass is 468 g/mol. The molecule has 1 atom stereocenters. The van der Waals surface area contributed by atoms with Gasteiger partial charge in [0.2, 0.25) is 0 Å². The Morgan fingerprint density at radius 1 is 1.09 bits per heavy atom. The molecule has 3 aromatic rings. The lowest BCUT2D eigenvalue weighted by atomic mass is 10.1. The van der Waals surface area contributed by atoms with Gasteiger partial charge in [-0.1, -0.05) is 48.2 Å². The Bertz CT molecular complexity index is 999. The minimum atomic E-state index is 0.256. The van der Waals surface area contributed by atoms with Gasteiger partial charge < -0.3 is 9.30 Å². The summed E-state index contributed by atoms with van der Waals surface area (Å²) in [6.07, 6.45) is 4.61. The molecule has 32 heavy (non-hydrogen) atoms. The second-order valence-corrected chi connectivity index (χ2v) is 10.2. The molecular weight excluding hydrogens is 436 g/mol. The second-order valence-electron chi connectivity index (χ2n) is 8.38. The third-order valence-electron chi connectivity index (χ3n) is 5.84. The Morgan fingerprint density at radius 3 is 2.62 bits per heavy atom. The predicted octanol–water partition coefficient (Wildman–Crippen LogP) is 5.41. The summed E-state index contributed by atoms with van der Waals surface area (Å²) in [5, 5.41) is 10.2. The fourth-order valence-corrected chi connectivity index (χ4v) is 5.42. The number of aromatic nitrogens is 3. The van der Waals surface area contributed by atoms with Crippen LogP contribution in [-0.2, 0) is 30.1 Å². The molecule has 1 aliphatic heterocycles. The normalized spacial score (nSPS) is 16.2. The van der Waals surface area contributed by atoms with Crippen molar-refractivity contribution in [3.05, 3.63) is 71.0 Å². The van der Waals surface area contributed by atoms with Crippen LogP contribution in [0.4, 0.5) is 0 Å². The SMILES string of the molecule is CSc1ccc(CN(C)Cc2nnc(SCc3ccccc3C)n2C[C@H]2CCCO2)cc1. The van der Waals surface area contributed by atoms with Crippen LogP contribution in [0, 0.1) is 6.92 Å². The van der Waals surface area contributed by atoms with Crippen LogP contribution in [0.15, 0.2) is 58.6 Å². The largest absolute Gasteiger partial charge is 0.376 e. The van der Waals surface area contributed by atoms with E-state index in [2.05, 4.69) is 88.4 Å². The minimum Gasteiger partial charge on any atom is -0.376 e. The first-order chi connectivity index (χ1) is 15.6. The summed E-state index contributed by atoms with van der Waals surface area (Å²) in [6, 6.07) is 17.4. The maximum Gasteiger partial charge on any atom is 0.191 e. The molecule has 7 heteroatoms. The van der Waals surface area contributed by atoms with Crippen molar-refractivity contribution in [1.29, 1.82) is 0 Å². The molecule has 1 aromatic heterocycles. The van der Waals surface area contributed by atoms with Gasteiger partial charge in [0.05, 0.1) is 19.2 Å². The summed E-state index contributed by atoms with van der Waals surface area (Å²) < 4.78 is 8.22. The quantitative estimate of drug-likeness (QED) is 0.371. The van der Waals surface area contributed by atoms with E-state index in [1.165, 1.54) is 21.6 Å². The van der Waals surface area contributed by atoms with Crippen molar-refractivity contribution in [2.75, 3.05) is 19.9 Å². The average Bonchev–Trinajstić information content (AvgIpc) is 3.45. The van der Waals surface area contributed by atoms with Crippen molar-refractivity contribution in [3.63, 3.8) is 0 Å². The van der Waals surface area contributed by atoms with Gasteiger partial charge in [-0.25, -0.2) is 0 Å². The van der Waals surface area contributed by atoms with Crippen molar-refractivity contribution >= 4 is 23.5 Å². The summed E-state index contributed by atoms with van der Waals surface area (Å²) in [5.41, 5.74) is 3.97. The molecule has 0 amide bonds. The van der Waals surface area contributed by atoms with E-state index in [1.54, 1.807) is 23.5 Å². The third kappa shape index (κ3) is 6.16. The Balaban J connectivity index is 1.46. The van der Waals surface area contributed by atoms with E-state index in [-0.39, 0.29) is 6.10 Å². The molecule has 1 fully saturated rings. The van der Waals surface area contributed by atoms with E-state index >= 15 is 0 Å². The summed E-state index contributed by atoms with van der Waals surface area (Å²) >= 11 is 3.54. The number of aryl methyl sites for hydroxylation is 1. The molecule has 0 aliphatic carbocycles. The van der Waals surface area contributed by atoms with Gasteiger partial charge in [-0.15, -0.1) is 22.0 Å². The molecule has 5 nitrogen and oxygen atoms in total. The number of hydrogen-bond acceptors (Lipinski definition) is 6. The van der Waals surface area contributed by atoms with Gasteiger partial charge in [0, 0.05) is 23.8 Å². The van der Waals surface area contributed by atoms with E-state index in [0.717, 1.165) is 55.8 Å². The number of benzene rings is 2. The first kappa shape index (κ1) is 23.4. The molecule has 2 heterocycles. The van der Waals surface area contributed by atoms with Crippen LogP contribution in [0.25, 0.3) is 0 Å². The first-order valence-corrected chi connectivity index (χ1v) is 13.4. The van der Waals surface area contributed by atoms with E-state index in [9.17, 15) is 0 Å². The van der Waals surface area contributed by atoms with Gasteiger partial charge >= 0.3 is 0 Å². The number of nitrogens with zero attached hydrogens (tertiary/aromatic N) is 4. The molecular formula is C25H32N4OS2. The van der Waals surface area contributed by atoms with Gasteiger partial charge in [-0.2, -0.15) is 0 Å². The molecule has 0 bridgehead atoms. The Labute approximate surface area is 200 Å². The standard InChI is InChI=1S/C25H32N4OS2/c1-19-7-4-5-8-21(19)18-32-25-27-26-24(29(25)16-22-9-6-14-30-22)17-28(2)15-20-10-12-23(31-3)13-11-20/h4-5,7-8,10-13,22H,6,9,14-18H2,1-3H3/t22-/m1/s1. The topological polar surface area (TPSA) is 43.2 Å². The zero-order chi connectivity index (χ0) is 22.3.